The fourth-order valence-electron chi connectivity index (χ4n) is 3.61. The number of halogens is 1. The second kappa shape index (κ2) is 9.17. The minimum absolute atomic E-state index is 0.0618. The lowest BCUT2D eigenvalue weighted by Gasteiger charge is -2.25. The molecule has 4 rings (SSSR count). The molecule has 1 amide bonds. The largest absolute Gasteiger partial charge is 0.450 e. The number of aryl methyl sites for hydroxylation is 1. The van der Waals surface area contributed by atoms with Gasteiger partial charge in [0.1, 0.15) is 6.11 Å². The van der Waals surface area contributed by atoms with Crippen LogP contribution in [0, 0.1) is 12.0 Å². The number of fused-ring (bicyclic) bond motifs is 1. The van der Waals surface area contributed by atoms with Crippen LogP contribution in [0.2, 0.25) is 5.02 Å². The van der Waals surface area contributed by atoms with Crippen molar-refractivity contribution in [2.24, 2.45) is 7.05 Å². The summed E-state index contributed by atoms with van der Waals surface area (Å²) in [5, 5.41) is 4.59. The van der Waals surface area contributed by atoms with Crippen molar-refractivity contribution in [1.29, 1.82) is 0 Å². The van der Waals surface area contributed by atoms with Crippen LogP contribution >= 0.6 is 11.6 Å². The Labute approximate surface area is 197 Å². The zero-order chi connectivity index (χ0) is 23.6. The highest BCUT2D eigenvalue weighted by atomic mass is 35.5. The van der Waals surface area contributed by atoms with Crippen molar-refractivity contribution >= 4 is 38.9 Å². The molecule has 10 heteroatoms. The van der Waals surface area contributed by atoms with E-state index in [1.165, 1.54) is 27.1 Å². The van der Waals surface area contributed by atoms with Gasteiger partial charge in [-0.25, -0.2) is 0 Å². The topological polar surface area (TPSA) is 84.7 Å². The number of carbonyl (C=O) groups excluding carboxylic acids is 1. The van der Waals surface area contributed by atoms with Gasteiger partial charge in [0.05, 0.1) is 19.3 Å². The van der Waals surface area contributed by atoms with E-state index in [4.69, 9.17) is 11.6 Å². The smallest absolute Gasteiger partial charge is 0.306 e. The third kappa shape index (κ3) is 4.67. The standard InChI is InChI=1S/C23H21ClN4O4S/c1-26-12-10-22(25-26)33(30,31)28(16-17-3-6-19(24)7-4-17)20-8-5-18-9-13-27(21(18)15-20)23(29)11-14-32-2/h3-8,10,12,15H,9,13,16H2,1-2H3. The number of sulfonamides is 1. The molecule has 1 aliphatic heterocycles. The molecule has 0 radical (unpaired) electrons. The number of hydrogen-bond donors (Lipinski definition) is 0. The lowest BCUT2D eigenvalue weighted by atomic mass is 10.1. The van der Waals surface area contributed by atoms with Crippen LogP contribution in [0.5, 0.6) is 0 Å². The Kier molecular flexibility index (Phi) is 6.31. The molecule has 0 saturated heterocycles. The van der Waals surface area contributed by atoms with E-state index in [1.54, 1.807) is 49.6 Å². The molecule has 3 aromatic rings. The number of rotatable bonds is 5. The molecule has 0 atom stereocenters. The van der Waals surface area contributed by atoms with Gasteiger partial charge in [-0.3, -0.25) is 13.8 Å². The van der Waals surface area contributed by atoms with Crippen LogP contribution in [0.3, 0.4) is 0 Å². The number of anilines is 2. The summed E-state index contributed by atoms with van der Waals surface area (Å²) in [6, 6.07) is 13.7. The Bertz CT molecular complexity index is 1360. The van der Waals surface area contributed by atoms with Gasteiger partial charge in [-0.05, 0) is 47.9 Å². The fraction of sp³-hybridized carbons (Fsp3) is 0.217. The van der Waals surface area contributed by atoms with Gasteiger partial charge in [0.15, 0.2) is 5.03 Å². The fourth-order valence-corrected chi connectivity index (χ4v) is 5.14. The van der Waals surface area contributed by atoms with Gasteiger partial charge in [0.2, 0.25) is 0 Å². The first-order chi connectivity index (χ1) is 15.8. The third-order valence-corrected chi connectivity index (χ3v) is 7.16. The molecular formula is C23H21ClN4O4S. The highest BCUT2D eigenvalue weighted by Crippen LogP contribution is 2.35. The quantitative estimate of drug-likeness (QED) is 0.520. The van der Waals surface area contributed by atoms with Crippen molar-refractivity contribution in [2.75, 3.05) is 22.9 Å². The average molecular weight is 485 g/mol. The number of carbonyl (C=O) groups is 1. The van der Waals surface area contributed by atoms with Crippen molar-refractivity contribution in [2.45, 2.75) is 18.0 Å². The van der Waals surface area contributed by atoms with E-state index in [0.29, 0.717) is 29.4 Å². The molecule has 8 nitrogen and oxygen atoms in total. The van der Waals surface area contributed by atoms with Gasteiger partial charge >= 0.3 is 5.91 Å². The molecule has 0 aliphatic carbocycles. The van der Waals surface area contributed by atoms with Crippen LogP contribution in [0.15, 0.2) is 59.8 Å². The van der Waals surface area contributed by atoms with Crippen molar-refractivity contribution < 1.29 is 17.9 Å². The summed E-state index contributed by atoms with van der Waals surface area (Å²) in [5.74, 6) is 2.01. The normalized spacial score (nSPS) is 12.6. The lowest BCUT2D eigenvalue weighted by Crippen LogP contribution is -2.31. The van der Waals surface area contributed by atoms with Crippen molar-refractivity contribution in [3.8, 4) is 12.0 Å². The minimum atomic E-state index is -3.99. The van der Waals surface area contributed by atoms with E-state index in [2.05, 4.69) is 21.9 Å². The summed E-state index contributed by atoms with van der Waals surface area (Å²) in [5.41, 5.74) is 2.72. The van der Waals surface area contributed by atoms with E-state index < -0.39 is 15.9 Å². The number of nitrogens with zero attached hydrogens (tertiary/aromatic N) is 4. The average Bonchev–Trinajstić information content (AvgIpc) is 3.43. The van der Waals surface area contributed by atoms with E-state index in [9.17, 15) is 13.2 Å². The second-order valence-electron chi connectivity index (χ2n) is 7.42. The molecule has 0 spiro atoms. The molecule has 1 aliphatic rings. The van der Waals surface area contributed by atoms with Gasteiger partial charge in [0.25, 0.3) is 10.0 Å². The Hall–Kier alpha value is -3.48. The predicted octanol–water partition coefficient (Wildman–Crippen LogP) is 2.97. The van der Waals surface area contributed by atoms with E-state index in [0.717, 1.165) is 11.1 Å². The number of aromatic nitrogens is 2. The third-order valence-electron chi connectivity index (χ3n) is 5.24. The molecule has 1 aromatic heterocycles. The van der Waals surface area contributed by atoms with E-state index in [-0.39, 0.29) is 11.6 Å². The van der Waals surface area contributed by atoms with E-state index >= 15 is 0 Å². The monoisotopic (exact) mass is 484 g/mol. The van der Waals surface area contributed by atoms with Crippen LogP contribution in [-0.4, -0.2) is 37.8 Å². The van der Waals surface area contributed by atoms with Crippen LogP contribution in [0.25, 0.3) is 0 Å². The first-order valence-electron chi connectivity index (χ1n) is 10.0. The summed E-state index contributed by atoms with van der Waals surface area (Å²) < 4.78 is 34.5. The number of ether oxygens (including phenoxy) is 1. The second-order valence-corrected chi connectivity index (χ2v) is 9.66. The molecule has 170 valence electrons. The van der Waals surface area contributed by atoms with Gasteiger partial charge in [0, 0.05) is 36.4 Å². The van der Waals surface area contributed by atoms with E-state index in [1.807, 2.05) is 6.07 Å². The molecule has 0 bridgehead atoms. The number of amides is 1. The summed E-state index contributed by atoms with van der Waals surface area (Å²) in [6.07, 6.45) is 4.54. The summed E-state index contributed by atoms with van der Waals surface area (Å²) in [7, 11) is -0.956. The van der Waals surface area contributed by atoms with Crippen LogP contribution in [0.1, 0.15) is 11.1 Å². The van der Waals surface area contributed by atoms with Gasteiger partial charge < -0.3 is 9.64 Å². The highest BCUT2D eigenvalue weighted by molar-refractivity contribution is 7.92. The lowest BCUT2D eigenvalue weighted by molar-refractivity contribution is -0.113. The Morgan fingerprint density at radius 2 is 1.97 bits per heavy atom. The number of hydrogen-bond acceptors (Lipinski definition) is 5. The molecule has 2 aromatic carbocycles. The molecule has 0 N–H and O–H groups in total. The molecule has 33 heavy (non-hydrogen) atoms. The zero-order valence-corrected chi connectivity index (χ0v) is 19.6. The summed E-state index contributed by atoms with van der Waals surface area (Å²) >= 11 is 6.00. The first kappa shape index (κ1) is 22.7. The maximum Gasteiger partial charge on any atom is 0.306 e. The molecular weight excluding hydrogens is 464 g/mol. The van der Waals surface area contributed by atoms with Crippen LogP contribution < -0.4 is 9.21 Å². The van der Waals surface area contributed by atoms with Gasteiger partial charge in [-0.15, -0.1) is 0 Å². The predicted molar refractivity (Wildman–Crippen MR) is 125 cm³/mol. The highest BCUT2D eigenvalue weighted by Gasteiger charge is 2.30. The summed E-state index contributed by atoms with van der Waals surface area (Å²) in [6.45, 7) is 0.520. The van der Waals surface area contributed by atoms with Crippen molar-refractivity contribution in [3.05, 3.63) is 70.9 Å². The van der Waals surface area contributed by atoms with Crippen LogP contribution in [0.4, 0.5) is 11.4 Å². The van der Waals surface area contributed by atoms with Crippen LogP contribution in [-0.2, 0) is 39.6 Å². The van der Waals surface area contributed by atoms with Crippen molar-refractivity contribution in [3.63, 3.8) is 0 Å². The molecule has 2 heterocycles. The van der Waals surface area contributed by atoms with Gasteiger partial charge in [-0.2, -0.15) is 13.5 Å². The SMILES string of the molecule is COC#CC(=O)N1CCc2ccc(N(Cc3ccc(Cl)cc3)S(=O)(=O)c3ccn(C)n3)cc21. The number of methoxy groups -OCH3 is 1. The Balaban J connectivity index is 1.78. The Morgan fingerprint density at radius 1 is 1.21 bits per heavy atom. The Morgan fingerprint density at radius 3 is 2.64 bits per heavy atom. The maximum atomic E-state index is 13.6. The minimum Gasteiger partial charge on any atom is -0.450 e. The first-order valence-corrected chi connectivity index (χ1v) is 11.9. The summed E-state index contributed by atoms with van der Waals surface area (Å²) in [4.78, 5) is 14.0. The zero-order valence-electron chi connectivity index (χ0n) is 18.0. The number of benzene rings is 2. The maximum absolute atomic E-state index is 13.6. The van der Waals surface area contributed by atoms with Gasteiger partial charge in [-0.1, -0.05) is 29.8 Å². The molecule has 0 saturated carbocycles. The molecule has 0 unspecified atom stereocenters. The van der Waals surface area contributed by atoms with Crippen molar-refractivity contribution in [1.82, 2.24) is 9.78 Å². The molecule has 0 fully saturated rings.